The molecule has 3 N–H and O–H groups in total. The van der Waals surface area contributed by atoms with Gasteiger partial charge >= 0.3 is 0 Å². The molecule has 0 aromatic carbocycles. The quantitative estimate of drug-likeness (QED) is 0.677. The second kappa shape index (κ2) is 5.04. The number of aromatic nitrogens is 1. The third-order valence-electron chi connectivity index (χ3n) is 2.42. The van der Waals surface area contributed by atoms with Crippen molar-refractivity contribution in [2.75, 3.05) is 18.5 Å². The highest BCUT2D eigenvalue weighted by molar-refractivity contribution is 5.39. The number of hydrogen-bond acceptors (Lipinski definition) is 4. The Morgan fingerprint density at radius 1 is 1.47 bits per heavy atom. The van der Waals surface area contributed by atoms with E-state index in [0.29, 0.717) is 6.42 Å². The first-order valence-electron chi connectivity index (χ1n) is 4.78. The Morgan fingerprint density at radius 3 is 2.60 bits per heavy atom. The van der Waals surface area contributed by atoms with Gasteiger partial charge in [-0.25, -0.2) is 9.37 Å². The van der Waals surface area contributed by atoms with Gasteiger partial charge in [-0.2, -0.15) is 0 Å². The van der Waals surface area contributed by atoms with Crippen molar-refractivity contribution in [3.8, 4) is 0 Å². The average Bonchev–Trinajstić information content (AvgIpc) is 2.29. The van der Waals surface area contributed by atoms with Crippen molar-refractivity contribution in [1.82, 2.24) is 4.98 Å². The minimum atomic E-state index is -0.921. The van der Waals surface area contributed by atoms with Crippen molar-refractivity contribution in [1.29, 1.82) is 0 Å². The fraction of sp³-hybridized carbons (Fsp3) is 0.500. The number of hydrogen-bond donors (Lipinski definition) is 3. The van der Waals surface area contributed by atoms with Gasteiger partial charge < -0.3 is 15.5 Å². The summed E-state index contributed by atoms with van der Waals surface area (Å²) in [5.74, 6) is -0.459. The Morgan fingerprint density at radius 2 is 2.13 bits per heavy atom. The van der Waals surface area contributed by atoms with Crippen molar-refractivity contribution >= 4 is 5.82 Å². The Balaban J connectivity index is 2.88. The molecule has 1 heterocycles. The molecule has 1 aromatic heterocycles. The van der Waals surface area contributed by atoms with Crippen LogP contribution < -0.4 is 5.32 Å². The highest BCUT2D eigenvalue weighted by Crippen LogP contribution is 2.18. The van der Waals surface area contributed by atoms with Crippen LogP contribution in [0, 0.1) is 5.82 Å². The lowest BCUT2D eigenvalue weighted by Crippen LogP contribution is -2.45. The molecule has 0 fully saturated rings. The fourth-order valence-corrected chi connectivity index (χ4v) is 1.17. The summed E-state index contributed by atoms with van der Waals surface area (Å²) < 4.78 is 13.2. The van der Waals surface area contributed by atoms with Gasteiger partial charge in [0.2, 0.25) is 0 Å². The van der Waals surface area contributed by atoms with Crippen LogP contribution in [0.3, 0.4) is 0 Å². The van der Waals surface area contributed by atoms with E-state index < -0.39 is 11.4 Å². The Bertz CT molecular complexity index is 308. The van der Waals surface area contributed by atoms with E-state index in [4.69, 9.17) is 10.2 Å². The van der Waals surface area contributed by atoms with Gasteiger partial charge in [-0.05, 0) is 18.6 Å². The van der Waals surface area contributed by atoms with E-state index in [1.54, 1.807) is 6.92 Å². The summed E-state index contributed by atoms with van der Waals surface area (Å²) >= 11 is 0. The highest BCUT2D eigenvalue weighted by atomic mass is 19.1. The molecule has 0 amide bonds. The average molecular weight is 214 g/mol. The molecule has 0 aliphatic carbocycles. The summed E-state index contributed by atoms with van der Waals surface area (Å²) in [5, 5.41) is 21.0. The van der Waals surface area contributed by atoms with Gasteiger partial charge in [0.05, 0.1) is 18.8 Å². The molecule has 0 radical (unpaired) electrons. The molecule has 0 saturated heterocycles. The number of anilines is 1. The van der Waals surface area contributed by atoms with E-state index >= 15 is 0 Å². The minimum absolute atomic E-state index is 0.0439. The molecule has 0 unspecified atom stereocenters. The molecule has 0 saturated carbocycles. The van der Waals surface area contributed by atoms with E-state index in [0.717, 1.165) is 0 Å². The third-order valence-corrected chi connectivity index (χ3v) is 2.42. The molecule has 0 aliphatic rings. The molecule has 84 valence electrons. The van der Waals surface area contributed by atoms with Gasteiger partial charge in [0.15, 0.2) is 11.6 Å². The van der Waals surface area contributed by atoms with E-state index in [1.807, 2.05) is 0 Å². The van der Waals surface area contributed by atoms with Gasteiger partial charge in [-0.1, -0.05) is 6.92 Å². The highest BCUT2D eigenvalue weighted by Gasteiger charge is 2.27. The molecular formula is C10H15FN2O2. The zero-order valence-corrected chi connectivity index (χ0v) is 8.57. The lowest BCUT2D eigenvalue weighted by atomic mass is 9.98. The van der Waals surface area contributed by atoms with Crippen LogP contribution in [0.2, 0.25) is 0 Å². The second-order valence-corrected chi connectivity index (χ2v) is 3.41. The summed E-state index contributed by atoms with van der Waals surface area (Å²) in [7, 11) is 0. The van der Waals surface area contributed by atoms with Crippen LogP contribution in [-0.2, 0) is 0 Å². The molecule has 0 aliphatic heterocycles. The van der Waals surface area contributed by atoms with Crippen LogP contribution >= 0.6 is 0 Å². The summed E-state index contributed by atoms with van der Waals surface area (Å²) in [5.41, 5.74) is -0.921. The Hall–Kier alpha value is -1.20. The molecular weight excluding hydrogens is 199 g/mol. The summed E-state index contributed by atoms with van der Waals surface area (Å²) in [4.78, 5) is 3.80. The van der Waals surface area contributed by atoms with Crippen molar-refractivity contribution in [2.45, 2.75) is 18.9 Å². The first-order valence-corrected chi connectivity index (χ1v) is 4.78. The third kappa shape index (κ3) is 2.64. The summed E-state index contributed by atoms with van der Waals surface area (Å²) in [6, 6.07) is 2.75. The fourth-order valence-electron chi connectivity index (χ4n) is 1.17. The van der Waals surface area contributed by atoms with Crippen LogP contribution in [0.25, 0.3) is 0 Å². The summed E-state index contributed by atoms with van der Waals surface area (Å²) in [6.45, 7) is 1.23. The van der Waals surface area contributed by atoms with E-state index in [9.17, 15) is 4.39 Å². The maximum absolute atomic E-state index is 13.2. The van der Waals surface area contributed by atoms with Crippen LogP contribution in [0.5, 0.6) is 0 Å². The molecule has 15 heavy (non-hydrogen) atoms. The molecule has 5 heteroatoms. The number of aliphatic hydroxyl groups is 2. The first-order chi connectivity index (χ1) is 7.17. The van der Waals surface area contributed by atoms with Crippen molar-refractivity contribution in [3.05, 3.63) is 24.1 Å². The van der Waals surface area contributed by atoms with Gasteiger partial charge in [0.1, 0.15) is 0 Å². The van der Waals surface area contributed by atoms with Crippen LogP contribution in [-0.4, -0.2) is 33.9 Å². The lowest BCUT2D eigenvalue weighted by molar-refractivity contribution is 0.132. The Kier molecular flexibility index (Phi) is 3.99. The minimum Gasteiger partial charge on any atom is -0.394 e. The molecule has 1 rings (SSSR count). The zero-order valence-electron chi connectivity index (χ0n) is 8.57. The second-order valence-electron chi connectivity index (χ2n) is 3.41. The Labute approximate surface area is 87.8 Å². The van der Waals surface area contributed by atoms with E-state index in [1.165, 1.54) is 18.3 Å². The number of nitrogens with zero attached hydrogens (tertiary/aromatic N) is 1. The molecule has 1 aromatic rings. The number of nitrogens with one attached hydrogen (secondary N) is 1. The maximum Gasteiger partial charge on any atom is 0.165 e. The van der Waals surface area contributed by atoms with Gasteiger partial charge in [-0.15, -0.1) is 0 Å². The number of rotatable bonds is 5. The molecule has 0 bridgehead atoms. The number of aliphatic hydroxyl groups excluding tert-OH is 2. The van der Waals surface area contributed by atoms with Gasteiger partial charge in [-0.3, -0.25) is 0 Å². The van der Waals surface area contributed by atoms with Crippen LogP contribution in [0.1, 0.15) is 13.3 Å². The standard InChI is InChI=1S/C10H15FN2O2/c1-2-10(6-14,7-15)13-9-8(11)4-3-5-12-9/h3-5,14-15H,2,6-7H2,1H3,(H,12,13). The van der Waals surface area contributed by atoms with Crippen molar-refractivity contribution in [3.63, 3.8) is 0 Å². The maximum atomic E-state index is 13.2. The topological polar surface area (TPSA) is 65.4 Å². The number of halogens is 1. The number of pyridine rings is 1. The zero-order chi connectivity index (χ0) is 11.3. The predicted molar refractivity (Wildman–Crippen MR) is 55.0 cm³/mol. The normalized spacial score (nSPS) is 11.5. The van der Waals surface area contributed by atoms with Gasteiger partial charge in [0.25, 0.3) is 0 Å². The SMILES string of the molecule is CCC(CO)(CO)Nc1ncccc1F. The van der Waals surface area contributed by atoms with E-state index in [-0.39, 0.29) is 19.0 Å². The lowest BCUT2D eigenvalue weighted by Gasteiger charge is -2.30. The van der Waals surface area contributed by atoms with E-state index in [2.05, 4.69) is 10.3 Å². The largest absolute Gasteiger partial charge is 0.394 e. The van der Waals surface area contributed by atoms with Crippen molar-refractivity contribution < 1.29 is 14.6 Å². The summed E-state index contributed by atoms with van der Waals surface area (Å²) in [6.07, 6.45) is 1.91. The van der Waals surface area contributed by atoms with Crippen LogP contribution in [0.15, 0.2) is 18.3 Å². The first kappa shape index (κ1) is 11.9. The van der Waals surface area contributed by atoms with Gasteiger partial charge in [0, 0.05) is 6.20 Å². The predicted octanol–water partition coefficient (Wildman–Crippen LogP) is 0.766. The monoisotopic (exact) mass is 214 g/mol. The molecule has 4 nitrogen and oxygen atoms in total. The smallest absolute Gasteiger partial charge is 0.165 e. The molecule has 0 atom stereocenters. The molecule has 0 spiro atoms. The van der Waals surface area contributed by atoms with Crippen LogP contribution in [0.4, 0.5) is 10.2 Å². The van der Waals surface area contributed by atoms with Crippen molar-refractivity contribution in [2.24, 2.45) is 0 Å².